The lowest BCUT2D eigenvalue weighted by atomic mass is 10.0. The SMILES string of the molecule is CCNc1nc2c(c(C(N)=O)n1)CN(C(=O)CCc1ccc(CC)cc1)CC2. The average molecular weight is 381 g/mol. The van der Waals surface area contributed by atoms with Crippen LogP contribution in [0.2, 0.25) is 0 Å². The number of hydrogen-bond donors (Lipinski definition) is 2. The van der Waals surface area contributed by atoms with Crippen LogP contribution in [-0.2, 0) is 30.6 Å². The highest BCUT2D eigenvalue weighted by Gasteiger charge is 2.27. The molecule has 0 saturated carbocycles. The quantitative estimate of drug-likeness (QED) is 0.765. The van der Waals surface area contributed by atoms with Gasteiger partial charge in [0.05, 0.1) is 5.69 Å². The van der Waals surface area contributed by atoms with Gasteiger partial charge >= 0.3 is 0 Å². The first-order valence-corrected chi connectivity index (χ1v) is 9.80. The van der Waals surface area contributed by atoms with Crippen LogP contribution >= 0.6 is 0 Å². The molecule has 2 amide bonds. The van der Waals surface area contributed by atoms with Crippen LogP contribution in [0.3, 0.4) is 0 Å². The number of anilines is 1. The summed E-state index contributed by atoms with van der Waals surface area (Å²) < 4.78 is 0. The molecule has 1 aliphatic rings. The number of aromatic nitrogens is 2. The van der Waals surface area contributed by atoms with Gasteiger partial charge in [-0.25, -0.2) is 9.97 Å². The van der Waals surface area contributed by atoms with Gasteiger partial charge in [-0.3, -0.25) is 9.59 Å². The standard InChI is InChI=1S/C21H27N5O2/c1-3-14-5-7-15(8-6-14)9-10-18(27)26-12-11-17-16(13-26)19(20(22)28)25-21(24-17)23-4-2/h5-8H,3-4,9-13H2,1-2H3,(H2,22,28)(H,23,24,25). The summed E-state index contributed by atoms with van der Waals surface area (Å²) in [4.78, 5) is 35.1. The molecule has 0 aliphatic carbocycles. The molecular formula is C21H27N5O2. The predicted octanol–water partition coefficient (Wildman–Crippen LogP) is 2.09. The first-order valence-electron chi connectivity index (χ1n) is 9.80. The van der Waals surface area contributed by atoms with Crippen LogP contribution in [0.5, 0.6) is 0 Å². The molecule has 7 nitrogen and oxygen atoms in total. The molecule has 1 aliphatic heterocycles. The fourth-order valence-electron chi connectivity index (χ4n) is 3.42. The van der Waals surface area contributed by atoms with Crippen LogP contribution in [0.15, 0.2) is 24.3 Å². The summed E-state index contributed by atoms with van der Waals surface area (Å²) in [6.07, 6.45) is 2.73. The third-order valence-electron chi connectivity index (χ3n) is 5.04. The molecule has 1 aromatic heterocycles. The minimum Gasteiger partial charge on any atom is -0.364 e. The van der Waals surface area contributed by atoms with Crippen LogP contribution < -0.4 is 11.1 Å². The predicted molar refractivity (Wildman–Crippen MR) is 108 cm³/mol. The molecule has 7 heteroatoms. The fraction of sp³-hybridized carbons (Fsp3) is 0.429. The van der Waals surface area contributed by atoms with Crippen molar-refractivity contribution >= 4 is 17.8 Å². The van der Waals surface area contributed by atoms with Gasteiger partial charge in [0.1, 0.15) is 5.69 Å². The Labute approximate surface area is 165 Å². The van der Waals surface area contributed by atoms with Crippen molar-refractivity contribution in [3.05, 3.63) is 52.3 Å². The lowest BCUT2D eigenvalue weighted by molar-refractivity contribution is -0.132. The third kappa shape index (κ3) is 4.47. The minimum atomic E-state index is -0.594. The Morgan fingerprint density at radius 2 is 1.86 bits per heavy atom. The van der Waals surface area contributed by atoms with Gasteiger partial charge in [-0.1, -0.05) is 31.2 Å². The van der Waals surface area contributed by atoms with Gasteiger partial charge in [0.2, 0.25) is 11.9 Å². The summed E-state index contributed by atoms with van der Waals surface area (Å²) in [5, 5.41) is 3.02. The molecule has 0 fully saturated rings. The lowest BCUT2D eigenvalue weighted by Gasteiger charge is -2.29. The zero-order valence-electron chi connectivity index (χ0n) is 16.5. The number of rotatable bonds is 7. The Kier molecular flexibility index (Phi) is 6.23. The molecule has 3 rings (SSSR count). The van der Waals surface area contributed by atoms with Crippen molar-refractivity contribution in [2.45, 2.75) is 46.1 Å². The second-order valence-electron chi connectivity index (χ2n) is 6.95. The number of nitrogens with one attached hydrogen (secondary N) is 1. The van der Waals surface area contributed by atoms with Crippen molar-refractivity contribution in [3.8, 4) is 0 Å². The fourth-order valence-corrected chi connectivity index (χ4v) is 3.42. The Hall–Kier alpha value is -2.96. The van der Waals surface area contributed by atoms with E-state index in [9.17, 15) is 9.59 Å². The van der Waals surface area contributed by atoms with E-state index in [0.717, 1.165) is 17.7 Å². The van der Waals surface area contributed by atoms with Gasteiger partial charge in [-0.05, 0) is 30.9 Å². The van der Waals surface area contributed by atoms with E-state index in [0.29, 0.717) is 50.4 Å². The van der Waals surface area contributed by atoms with Crippen molar-refractivity contribution in [1.29, 1.82) is 0 Å². The Balaban J connectivity index is 1.69. The van der Waals surface area contributed by atoms with Crippen LogP contribution in [-0.4, -0.2) is 39.8 Å². The first-order chi connectivity index (χ1) is 13.5. The Bertz CT molecular complexity index is 864. The van der Waals surface area contributed by atoms with Crippen LogP contribution in [0, 0.1) is 0 Å². The molecule has 2 heterocycles. The number of nitrogens with two attached hydrogens (primary N) is 1. The molecule has 0 saturated heterocycles. The van der Waals surface area contributed by atoms with E-state index in [-0.39, 0.29) is 11.6 Å². The summed E-state index contributed by atoms with van der Waals surface area (Å²) in [6.45, 7) is 5.62. The average Bonchev–Trinajstić information content (AvgIpc) is 2.71. The van der Waals surface area contributed by atoms with E-state index in [2.05, 4.69) is 46.5 Å². The van der Waals surface area contributed by atoms with E-state index in [4.69, 9.17) is 5.73 Å². The van der Waals surface area contributed by atoms with Gasteiger partial charge < -0.3 is 16.0 Å². The lowest BCUT2D eigenvalue weighted by Crippen LogP contribution is -2.38. The number of nitrogens with zero attached hydrogens (tertiary/aromatic N) is 3. The number of benzene rings is 1. The van der Waals surface area contributed by atoms with E-state index < -0.39 is 5.91 Å². The molecule has 0 bridgehead atoms. The molecule has 0 atom stereocenters. The number of amides is 2. The maximum atomic E-state index is 12.7. The molecular weight excluding hydrogens is 354 g/mol. The van der Waals surface area contributed by atoms with E-state index >= 15 is 0 Å². The maximum absolute atomic E-state index is 12.7. The summed E-state index contributed by atoms with van der Waals surface area (Å²) in [5.41, 5.74) is 9.63. The van der Waals surface area contributed by atoms with E-state index in [1.807, 2.05) is 6.92 Å². The zero-order chi connectivity index (χ0) is 20.1. The number of aryl methyl sites for hydroxylation is 2. The van der Waals surface area contributed by atoms with Crippen molar-refractivity contribution < 1.29 is 9.59 Å². The summed E-state index contributed by atoms with van der Waals surface area (Å²) in [5.74, 6) is -0.120. The number of primary amides is 1. The third-order valence-corrected chi connectivity index (χ3v) is 5.04. The summed E-state index contributed by atoms with van der Waals surface area (Å²) in [6, 6.07) is 8.38. The van der Waals surface area contributed by atoms with Gasteiger partial charge in [0.25, 0.3) is 5.91 Å². The summed E-state index contributed by atoms with van der Waals surface area (Å²) in [7, 11) is 0. The maximum Gasteiger partial charge on any atom is 0.267 e. The monoisotopic (exact) mass is 381 g/mol. The van der Waals surface area contributed by atoms with Crippen LogP contribution in [0.25, 0.3) is 0 Å². The van der Waals surface area contributed by atoms with Crippen LogP contribution in [0.1, 0.15) is 53.1 Å². The smallest absolute Gasteiger partial charge is 0.267 e. The number of hydrogen-bond acceptors (Lipinski definition) is 5. The molecule has 0 spiro atoms. The molecule has 2 aromatic rings. The number of carbonyl (C=O) groups excluding carboxylic acids is 2. The Morgan fingerprint density at radius 3 is 2.50 bits per heavy atom. The van der Waals surface area contributed by atoms with Crippen molar-refractivity contribution in [3.63, 3.8) is 0 Å². The van der Waals surface area contributed by atoms with E-state index in [1.54, 1.807) is 4.90 Å². The van der Waals surface area contributed by atoms with Gasteiger partial charge in [-0.2, -0.15) is 0 Å². The molecule has 28 heavy (non-hydrogen) atoms. The van der Waals surface area contributed by atoms with Gasteiger partial charge in [0, 0.05) is 38.0 Å². The van der Waals surface area contributed by atoms with Crippen molar-refractivity contribution in [1.82, 2.24) is 14.9 Å². The second kappa shape index (κ2) is 8.82. The molecule has 0 unspecified atom stereocenters. The molecule has 148 valence electrons. The van der Waals surface area contributed by atoms with Crippen molar-refractivity contribution in [2.24, 2.45) is 5.73 Å². The molecule has 3 N–H and O–H groups in total. The van der Waals surface area contributed by atoms with Crippen LogP contribution in [0.4, 0.5) is 5.95 Å². The highest BCUT2D eigenvalue weighted by atomic mass is 16.2. The number of fused-ring (bicyclic) bond motifs is 1. The minimum absolute atomic E-state index is 0.0661. The van der Waals surface area contributed by atoms with E-state index in [1.165, 1.54) is 5.56 Å². The molecule has 1 aromatic carbocycles. The topological polar surface area (TPSA) is 101 Å². The van der Waals surface area contributed by atoms with Gasteiger partial charge in [0.15, 0.2) is 0 Å². The highest BCUT2D eigenvalue weighted by Crippen LogP contribution is 2.22. The second-order valence-corrected chi connectivity index (χ2v) is 6.95. The summed E-state index contributed by atoms with van der Waals surface area (Å²) >= 11 is 0. The Morgan fingerprint density at radius 1 is 1.14 bits per heavy atom. The largest absolute Gasteiger partial charge is 0.364 e. The first kappa shape index (κ1) is 19.8. The zero-order valence-corrected chi connectivity index (χ0v) is 16.5. The van der Waals surface area contributed by atoms with Crippen molar-refractivity contribution in [2.75, 3.05) is 18.4 Å². The number of carbonyl (C=O) groups is 2. The molecule has 0 radical (unpaired) electrons. The highest BCUT2D eigenvalue weighted by molar-refractivity contribution is 5.93. The normalized spacial score (nSPS) is 13.1. The van der Waals surface area contributed by atoms with Gasteiger partial charge in [-0.15, -0.1) is 0 Å².